The molecule has 3 nitrogen and oxygen atoms in total. The first kappa shape index (κ1) is 24.2. The van der Waals surface area contributed by atoms with Gasteiger partial charge in [-0.1, -0.05) is 82.3 Å². The summed E-state index contributed by atoms with van der Waals surface area (Å²) in [4.78, 5) is 4.76. The summed E-state index contributed by atoms with van der Waals surface area (Å²) in [6, 6.07) is 33.0. The molecule has 2 heterocycles. The molecule has 0 amide bonds. The average Bonchev–Trinajstić information content (AvgIpc) is 3.54. The number of imidazole rings is 1. The first-order chi connectivity index (χ1) is 18.5. The molecular formula is C35H35N3. The van der Waals surface area contributed by atoms with Crippen molar-refractivity contribution in [1.29, 1.82) is 0 Å². The molecule has 6 rings (SSSR count). The van der Waals surface area contributed by atoms with Crippen LogP contribution in [0.15, 0.2) is 103 Å². The first-order valence-corrected chi connectivity index (χ1v) is 13.7. The Labute approximate surface area is 225 Å². The van der Waals surface area contributed by atoms with Crippen molar-refractivity contribution in [3.05, 3.63) is 120 Å². The summed E-state index contributed by atoms with van der Waals surface area (Å²) in [7, 11) is 0. The molecular weight excluding hydrogens is 462 g/mol. The van der Waals surface area contributed by atoms with Crippen molar-refractivity contribution in [3.63, 3.8) is 0 Å². The van der Waals surface area contributed by atoms with Crippen LogP contribution >= 0.6 is 0 Å². The maximum Gasteiger partial charge on any atom is 0.139 e. The second-order valence-corrected chi connectivity index (χ2v) is 10.8. The zero-order valence-corrected chi connectivity index (χ0v) is 22.7. The second kappa shape index (κ2) is 9.98. The van der Waals surface area contributed by atoms with Crippen LogP contribution in [-0.4, -0.2) is 14.1 Å². The van der Waals surface area contributed by atoms with Gasteiger partial charge < -0.3 is 9.13 Å². The Morgan fingerprint density at radius 3 is 1.82 bits per heavy atom. The van der Waals surface area contributed by atoms with E-state index in [0.717, 1.165) is 30.0 Å². The van der Waals surface area contributed by atoms with Gasteiger partial charge in [-0.3, -0.25) is 0 Å². The van der Waals surface area contributed by atoms with Gasteiger partial charge in [-0.25, -0.2) is 4.98 Å². The van der Waals surface area contributed by atoms with Crippen LogP contribution in [0, 0.1) is 0 Å². The fourth-order valence-corrected chi connectivity index (χ4v) is 5.94. The summed E-state index contributed by atoms with van der Waals surface area (Å²) in [6.07, 6.45) is 5.04. The molecule has 0 atom stereocenters. The number of hydrogen-bond acceptors (Lipinski definition) is 1. The van der Waals surface area contributed by atoms with Gasteiger partial charge in [0.2, 0.25) is 0 Å². The SMILES string of the molecule is CC(C)c1cccc(C(C)C)c1CCn1ccnc1-c1ccc(-n2c3ccccc3c3ccccc32)cc1. The molecule has 0 aliphatic carbocycles. The van der Waals surface area contributed by atoms with E-state index in [2.05, 4.69) is 134 Å². The smallest absolute Gasteiger partial charge is 0.139 e. The van der Waals surface area contributed by atoms with E-state index in [-0.39, 0.29) is 0 Å². The van der Waals surface area contributed by atoms with E-state index in [1.54, 1.807) is 0 Å². The highest BCUT2D eigenvalue weighted by atomic mass is 15.1. The van der Waals surface area contributed by atoms with E-state index >= 15 is 0 Å². The number of aryl methyl sites for hydroxylation is 1. The summed E-state index contributed by atoms with van der Waals surface area (Å²) >= 11 is 0. The summed E-state index contributed by atoms with van der Waals surface area (Å²) < 4.78 is 4.66. The predicted molar refractivity (Wildman–Crippen MR) is 160 cm³/mol. The third-order valence-electron chi connectivity index (χ3n) is 7.77. The van der Waals surface area contributed by atoms with Crippen molar-refractivity contribution in [2.24, 2.45) is 0 Å². The van der Waals surface area contributed by atoms with Gasteiger partial charge in [0.1, 0.15) is 5.82 Å². The van der Waals surface area contributed by atoms with E-state index in [4.69, 9.17) is 4.98 Å². The molecule has 0 aliphatic rings. The third-order valence-corrected chi connectivity index (χ3v) is 7.77. The van der Waals surface area contributed by atoms with Crippen LogP contribution in [0.25, 0.3) is 38.9 Å². The van der Waals surface area contributed by atoms with Crippen LogP contribution < -0.4 is 0 Å². The number of fused-ring (bicyclic) bond motifs is 3. The van der Waals surface area contributed by atoms with Gasteiger partial charge in [0.25, 0.3) is 0 Å². The van der Waals surface area contributed by atoms with E-state index in [1.807, 2.05) is 6.20 Å². The zero-order chi connectivity index (χ0) is 26.2. The number of nitrogens with zero attached hydrogens (tertiary/aromatic N) is 3. The van der Waals surface area contributed by atoms with Gasteiger partial charge in [0.05, 0.1) is 11.0 Å². The van der Waals surface area contributed by atoms with Crippen LogP contribution in [0.5, 0.6) is 0 Å². The van der Waals surface area contributed by atoms with E-state index < -0.39 is 0 Å². The van der Waals surface area contributed by atoms with Crippen LogP contribution in [0.3, 0.4) is 0 Å². The minimum Gasteiger partial charge on any atom is -0.331 e. The van der Waals surface area contributed by atoms with Crippen LogP contribution in [0.4, 0.5) is 0 Å². The Morgan fingerprint density at radius 2 is 1.24 bits per heavy atom. The Balaban J connectivity index is 1.32. The van der Waals surface area contributed by atoms with Gasteiger partial charge in [-0.2, -0.15) is 0 Å². The molecule has 0 aliphatic heterocycles. The maximum absolute atomic E-state index is 4.76. The predicted octanol–water partition coefficient (Wildman–Crippen LogP) is 9.14. The van der Waals surface area contributed by atoms with Crippen LogP contribution in [-0.2, 0) is 13.0 Å². The fraction of sp³-hybridized carbons (Fsp3) is 0.229. The molecule has 0 spiro atoms. The van der Waals surface area contributed by atoms with E-state index in [1.165, 1.54) is 38.5 Å². The lowest BCUT2D eigenvalue weighted by atomic mass is 9.87. The molecule has 0 fully saturated rings. The number of rotatable bonds is 7. The van der Waals surface area contributed by atoms with Crippen molar-refractivity contribution in [1.82, 2.24) is 14.1 Å². The molecule has 0 saturated carbocycles. The van der Waals surface area contributed by atoms with Crippen molar-refractivity contribution in [3.8, 4) is 17.1 Å². The monoisotopic (exact) mass is 497 g/mol. The molecule has 0 saturated heterocycles. The Morgan fingerprint density at radius 1 is 0.658 bits per heavy atom. The highest BCUT2D eigenvalue weighted by Gasteiger charge is 2.16. The van der Waals surface area contributed by atoms with Crippen LogP contribution in [0.2, 0.25) is 0 Å². The highest BCUT2D eigenvalue weighted by molar-refractivity contribution is 6.09. The molecule has 38 heavy (non-hydrogen) atoms. The Bertz CT molecular complexity index is 1630. The quantitative estimate of drug-likeness (QED) is 0.216. The molecule has 3 heteroatoms. The van der Waals surface area contributed by atoms with Gasteiger partial charge in [-0.05, 0) is 71.3 Å². The maximum atomic E-state index is 4.76. The number of para-hydroxylation sites is 2. The lowest BCUT2D eigenvalue weighted by Gasteiger charge is -2.20. The van der Waals surface area contributed by atoms with Crippen molar-refractivity contribution in [2.75, 3.05) is 0 Å². The molecule has 190 valence electrons. The summed E-state index contributed by atoms with van der Waals surface area (Å²) in [6.45, 7) is 10.1. The molecule has 0 unspecified atom stereocenters. The lowest BCUT2D eigenvalue weighted by Crippen LogP contribution is -2.09. The fourth-order valence-electron chi connectivity index (χ4n) is 5.94. The van der Waals surface area contributed by atoms with Gasteiger partial charge in [-0.15, -0.1) is 0 Å². The standard InChI is InChI=1S/C35H35N3/c1-24(2)28-12-9-13-29(25(3)4)30(28)20-22-37-23-21-36-35(37)26-16-18-27(19-17-26)38-33-14-7-5-10-31(33)32-11-6-8-15-34(32)38/h5-19,21,23-25H,20,22H2,1-4H3. The zero-order valence-electron chi connectivity index (χ0n) is 22.7. The highest BCUT2D eigenvalue weighted by Crippen LogP contribution is 2.33. The van der Waals surface area contributed by atoms with Crippen molar-refractivity contribution < 1.29 is 0 Å². The number of benzene rings is 4. The van der Waals surface area contributed by atoms with Crippen LogP contribution in [0.1, 0.15) is 56.2 Å². The van der Waals surface area contributed by atoms with Crippen molar-refractivity contribution in [2.45, 2.75) is 52.5 Å². The minimum atomic E-state index is 0.513. The van der Waals surface area contributed by atoms with Crippen molar-refractivity contribution >= 4 is 21.8 Å². The molecule has 2 aromatic heterocycles. The molecule has 0 bridgehead atoms. The Hall–Kier alpha value is -4.11. The second-order valence-electron chi connectivity index (χ2n) is 10.8. The Kier molecular flexibility index (Phi) is 6.37. The first-order valence-electron chi connectivity index (χ1n) is 13.7. The molecule has 6 aromatic rings. The number of hydrogen-bond donors (Lipinski definition) is 0. The third kappa shape index (κ3) is 4.22. The summed E-state index contributed by atoms with van der Waals surface area (Å²) in [5.41, 5.74) is 9.19. The average molecular weight is 498 g/mol. The minimum absolute atomic E-state index is 0.513. The topological polar surface area (TPSA) is 22.8 Å². The largest absolute Gasteiger partial charge is 0.331 e. The molecule has 4 aromatic carbocycles. The summed E-state index contributed by atoms with van der Waals surface area (Å²) in [5.74, 6) is 2.05. The normalized spacial score (nSPS) is 11.8. The molecule has 0 N–H and O–H groups in total. The van der Waals surface area contributed by atoms with Gasteiger partial charge >= 0.3 is 0 Å². The van der Waals surface area contributed by atoms with Gasteiger partial charge in [0, 0.05) is 41.0 Å². The van der Waals surface area contributed by atoms with Gasteiger partial charge in [0.15, 0.2) is 0 Å². The van der Waals surface area contributed by atoms with E-state index in [9.17, 15) is 0 Å². The molecule has 0 radical (unpaired) electrons. The van der Waals surface area contributed by atoms with E-state index in [0.29, 0.717) is 11.8 Å². The lowest BCUT2D eigenvalue weighted by molar-refractivity contribution is 0.680. The number of aromatic nitrogens is 3. The summed E-state index contributed by atoms with van der Waals surface area (Å²) in [5, 5.41) is 2.57.